The van der Waals surface area contributed by atoms with E-state index in [-0.39, 0.29) is 17.2 Å². The topological polar surface area (TPSA) is 93.2 Å². The summed E-state index contributed by atoms with van der Waals surface area (Å²) in [5.74, 6) is -0.778. The number of benzene rings is 1. The number of aromatic amines is 1. The Morgan fingerprint density at radius 3 is 2.68 bits per heavy atom. The Hall–Kier alpha value is -2.35. The van der Waals surface area contributed by atoms with Crippen LogP contribution in [0.25, 0.3) is 5.69 Å². The third-order valence-corrected chi connectivity index (χ3v) is 3.59. The molecule has 22 heavy (non-hydrogen) atoms. The summed E-state index contributed by atoms with van der Waals surface area (Å²) < 4.78 is 10.8. The number of H-pyrrole nitrogens is 1. The molecule has 2 rings (SSSR count). The number of ether oxygens (including phenoxy) is 1. The molecule has 8 heteroatoms. The zero-order valence-corrected chi connectivity index (χ0v) is 12.7. The van der Waals surface area contributed by atoms with Crippen molar-refractivity contribution < 1.29 is 23.5 Å². The smallest absolute Gasteiger partial charge is 0.438 e. The van der Waals surface area contributed by atoms with Crippen molar-refractivity contribution in [1.29, 1.82) is 0 Å². The van der Waals surface area contributed by atoms with E-state index in [4.69, 9.17) is 9.26 Å². The van der Waals surface area contributed by atoms with Crippen LogP contribution in [0.1, 0.15) is 17.4 Å². The molecule has 0 aliphatic heterocycles. The highest BCUT2D eigenvalue weighted by atomic mass is 32.2. The number of aromatic nitrogens is 2. The lowest BCUT2D eigenvalue weighted by atomic mass is 10.3. The van der Waals surface area contributed by atoms with Crippen LogP contribution < -0.4 is 10.3 Å². The van der Waals surface area contributed by atoms with Crippen LogP contribution >= 0.6 is 11.8 Å². The Morgan fingerprint density at radius 1 is 1.27 bits per heavy atom. The van der Waals surface area contributed by atoms with Crippen molar-refractivity contribution in [1.82, 2.24) is 5.27 Å². The van der Waals surface area contributed by atoms with Crippen molar-refractivity contribution in [3.8, 4) is 5.69 Å². The third-order valence-electron chi connectivity index (χ3n) is 2.68. The Labute approximate surface area is 130 Å². The van der Waals surface area contributed by atoms with Gasteiger partial charge in [0.25, 0.3) is 0 Å². The summed E-state index contributed by atoms with van der Waals surface area (Å²) in [6.07, 6.45) is 0. The summed E-state index contributed by atoms with van der Waals surface area (Å²) in [6.45, 7) is 2.00. The number of hydrogen-bond donors (Lipinski definition) is 1. The molecule has 0 radical (unpaired) electrons. The lowest BCUT2D eigenvalue weighted by molar-refractivity contribution is -0.672. The van der Waals surface area contributed by atoms with E-state index in [1.165, 1.54) is 4.68 Å². The summed E-state index contributed by atoms with van der Waals surface area (Å²) in [4.78, 5) is 35.1. The van der Waals surface area contributed by atoms with E-state index < -0.39 is 17.4 Å². The van der Waals surface area contributed by atoms with Gasteiger partial charge in [0, 0.05) is 12.1 Å². The molecule has 1 heterocycles. The minimum absolute atomic E-state index is 0.0196. The van der Waals surface area contributed by atoms with Crippen LogP contribution in [0.2, 0.25) is 0 Å². The van der Waals surface area contributed by atoms with E-state index in [0.717, 1.165) is 11.8 Å². The first-order valence-corrected chi connectivity index (χ1v) is 7.74. The standard InChI is InChI=1S/C14H14N2O5S/c1-2-20-12(18)9-22-8-11(17)13-14(19)21-15-16(13)10-6-4-3-5-7-10/h3-7H,2,8-9H2,1H3/p+1. The SMILES string of the molecule is CCOC(=O)CSCC(=O)c1c(=O)o[nH][n+]1-c1ccccc1. The van der Waals surface area contributed by atoms with Gasteiger partial charge in [-0.05, 0) is 16.9 Å². The van der Waals surface area contributed by atoms with Crippen LogP contribution in [0.15, 0.2) is 39.6 Å². The maximum Gasteiger partial charge on any atom is 0.438 e. The highest BCUT2D eigenvalue weighted by molar-refractivity contribution is 8.00. The maximum atomic E-state index is 12.2. The minimum atomic E-state index is -0.745. The fourth-order valence-corrected chi connectivity index (χ4v) is 2.44. The van der Waals surface area contributed by atoms with E-state index in [9.17, 15) is 14.4 Å². The highest BCUT2D eigenvalue weighted by Crippen LogP contribution is 2.05. The molecule has 1 N–H and O–H groups in total. The van der Waals surface area contributed by atoms with E-state index in [2.05, 4.69) is 5.27 Å². The van der Waals surface area contributed by atoms with E-state index in [1.54, 1.807) is 31.2 Å². The molecular weight excluding hydrogens is 308 g/mol. The molecule has 0 atom stereocenters. The zero-order valence-electron chi connectivity index (χ0n) is 11.9. The first kappa shape index (κ1) is 16.0. The Bertz CT molecular complexity index is 708. The predicted octanol–water partition coefficient (Wildman–Crippen LogP) is 0.724. The van der Waals surface area contributed by atoms with Gasteiger partial charge in [-0.15, -0.1) is 11.8 Å². The molecule has 2 aromatic rings. The molecule has 0 aliphatic rings. The van der Waals surface area contributed by atoms with Crippen molar-refractivity contribution in [3.63, 3.8) is 0 Å². The van der Waals surface area contributed by atoms with Crippen LogP contribution in [0, 0.1) is 0 Å². The normalized spacial score (nSPS) is 10.4. The minimum Gasteiger partial charge on any atom is -0.465 e. The molecule has 7 nitrogen and oxygen atoms in total. The fraction of sp³-hybridized carbons (Fsp3) is 0.286. The molecule has 0 aliphatic carbocycles. The molecule has 0 amide bonds. The number of carbonyl (C=O) groups is 2. The summed E-state index contributed by atoms with van der Waals surface area (Å²) >= 11 is 1.09. The second kappa shape index (κ2) is 7.60. The summed E-state index contributed by atoms with van der Waals surface area (Å²) in [5.41, 5.74) is -0.250. The Balaban J connectivity index is 2.09. The number of Topliss-reactive ketones (excluding diaryl/α,β-unsaturated/α-hetero) is 1. The number of nitrogens with one attached hydrogen (secondary N) is 1. The van der Waals surface area contributed by atoms with Crippen molar-refractivity contribution >= 4 is 23.5 Å². The van der Waals surface area contributed by atoms with Crippen LogP contribution in [0.3, 0.4) is 0 Å². The Morgan fingerprint density at radius 2 is 2.00 bits per heavy atom. The second-order valence-electron chi connectivity index (χ2n) is 4.22. The van der Waals surface area contributed by atoms with Crippen LogP contribution in [-0.4, -0.2) is 35.1 Å². The maximum absolute atomic E-state index is 12.2. The first-order valence-electron chi connectivity index (χ1n) is 6.59. The van der Waals surface area contributed by atoms with Crippen LogP contribution in [0.4, 0.5) is 0 Å². The van der Waals surface area contributed by atoms with Gasteiger partial charge in [-0.1, -0.05) is 18.2 Å². The van der Waals surface area contributed by atoms with Gasteiger partial charge in [0.1, 0.15) is 0 Å². The number of hydrogen-bond acceptors (Lipinski definition) is 6. The average Bonchev–Trinajstić information content (AvgIpc) is 2.90. The quantitative estimate of drug-likeness (QED) is 0.458. The van der Waals surface area contributed by atoms with Crippen molar-refractivity contribution in [3.05, 3.63) is 46.4 Å². The highest BCUT2D eigenvalue weighted by Gasteiger charge is 2.30. The van der Waals surface area contributed by atoms with Crippen LogP contribution in [-0.2, 0) is 9.53 Å². The average molecular weight is 323 g/mol. The van der Waals surface area contributed by atoms with Gasteiger partial charge >= 0.3 is 17.3 Å². The molecule has 0 saturated heterocycles. The third kappa shape index (κ3) is 3.85. The summed E-state index contributed by atoms with van der Waals surface area (Å²) in [7, 11) is 0. The zero-order chi connectivity index (χ0) is 15.9. The van der Waals surface area contributed by atoms with Gasteiger partial charge in [-0.2, -0.15) is 0 Å². The number of thioether (sulfide) groups is 1. The van der Waals surface area contributed by atoms with Gasteiger partial charge in [-0.25, -0.2) is 4.79 Å². The molecule has 0 unspecified atom stereocenters. The lowest BCUT2D eigenvalue weighted by Crippen LogP contribution is -2.41. The second-order valence-corrected chi connectivity index (χ2v) is 5.21. The number of esters is 1. The predicted molar refractivity (Wildman–Crippen MR) is 79.1 cm³/mol. The summed E-state index contributed by atoms with van der Waals surface area (Å²) in [5, 5.41) is 2.40. The van der Waals surface area contributed by atoms with E-state index in [0.29, 0.717) is 12.3 Å². The molecule has 0 spiro atoms. The Kier molecular flexibility index (Phi) is 5.54. The number of rotatable bonds is 7. The first-order chi connectivity index (χ1) is 10.6. The molecular formula is C14H15N2O5S+. The van der Waals surface area contributed by atoms with Crippen molar-refractivity contribution in [2.24, 2.45) is 0 Å². The van der Waals surface area contributed by atoms with Gasteiger partial charge in [-0.3, -0.25) is 14.1 Å². The number of carbonyl (C=O) groups excluding carboxylic acids is 2. The molecule has 0 bridgehead atoms. The van der Waals surface area contributed by atoms with Gasteiger partial charge in [0.15, 0.2) is 0 Å². The van der Waals surface area contributed by atoms with Gasteiger partial charge in [0.2, 0.25) is 11.5 Å². The lowest BCUT2D eigenvalue weighted by Gasteiger charge is -1.99. The monoisotopic (exact) mass is 323 g/mol. The fourth-order valence-electron chi connectivity index (χ4n) is 1.77. The number of para-hydroxylation sites is 1. The van der Waals surface area contributed by atoms with E-state index >= 15 is 0 Å². The molecule has 1 aromatic heterocycles. The van der Waals surface area contributed by atoms with Gasteiger partial charge in [0.05, 0.1) is 18.1 Å². The molecule has 1 aromatic carbocycles. The summed E-state index contributed by atoms with van der Waals surface area (Å²) in [6, 6.07) is 8.83. The van der Waals surface area contributed by atoms with Crippen LogP contribution in [0.5, 0.6) is 0 Å². The molecule has 0 fully saturated rings. The molecule has 116 valence electrons. The van der Waals surface area contributed by atoms with Gasteiger partial charge < -0.3 is 4.74 Å². The van der Waals surface area contributed by atoms with E-state index in [1.807, 2.05) is 6.07 Å². The molecule has 0 saturated carbocycles. The largest absolute Gasteiger partial charge is 0.465 e. The van der Waals surface area contributed by atoms with Crippen molar-refractivity contribution in [2.75, 3.05) is 18.1 Å². The van der Waals surface area contributed by atoms with Crippen molar-refractivity contribution in [2.45, 2.75) is 6.92 Å². The number of nitrogens with zero attached hydrogens (tertiary/aromatic N) is 1. The number of ketones is 1.